The maximum atomic E-state index is 13.4. The average molecular weight is 572 g/mol. The van der Waals surface area contributed by atoms with Crippen molar-refractivity contribution in [1.82, 2.24) is 9.80 Å². The van der Waals surface area contributed by atoms with E-state index >= 15 is 0 Å². The Morgan fingerprint density at radius 1 is 1.10 bits per heavy atom. The number of esters is 2. The van der Waals surface area contributed by atoms with Gasteiger partial charge in [0.2, 0.25) is 5.91 Å². The number of hydrogen-bond acceptors (Lipinski definition) is 10. The van der Waals surface area contributed by atoms with E-state index in [9.17, 15) is 14.4 Å². The lowest BCUT2D eigenvalue weighted by molar-refractivity contribution is -0.151. The van der Waals surface area contributed by atoms with E-state index in [-0.39, 0.29) is 30.3 Å². The largest absolute Gasteiger partial charge is 0.493 e. The molecule has 4 rings (SSSR count). The minimum atomic E-state index is -0.581. The number of amides is 1. The van der Waals surface area contributed by atoms with Crippen LogP contribution in [0.25, 0.3) is 0 Å². The Balaban J connectivity index is 1.62. The minimum Gasteiger partial charge on any atom is -0.493 e. The number of thioether (sulfide) groups is 1. The average Bonchev–Trinajstić information content (AvgIpc) is 3.33. The van der Waals surface area contributed by atoms with Crippen LogP contribution in [0.5, 0.6) is 11.5 Å². The number of hydrogen-bond donors (Lipinski definition) is 0. The number of amidine groups is 1. The van der Waals surface area contributed by atoms with Crippen molar-refractivity contribution >= 4 is 34.8 Å². The van der Waals surface area contributed by atoms with Crippen molar-refractivity contribution in [3.63, 3.8) is 0 Å². The molecule has 1 aromatic carbocycles. The summed E-state index contributed by atoms with van der Waals surface area (Å²) in [5.74, 6) is 0.215. The van der Waals surface area contributed by atoms with Gasteiger partial charge in [0.05, 0.1) is 56.6 Å². The van der Waals surface area contributed by atoms with Crippen molar-refractivity contribution in [3.05, 3.63) is 46.1 Å². The third kappa shape index (κ3) is 6.14. The Bertz CT molecular complexity index is 1250. The van der Waals surface area contributed by atoms with Crippen LogP contribution in [-0.2, 0) is 23.9 Å². The van der Waals surface area contributed by atoms with Gasteiger partial charge in [-0.15, -0.1) is 0 Å². The summed E-state index contributed by atoms with van der Waals surface area (Å²) in [5, 5.41) is 2.60. The number of allylic oxidation sites excluding steroid dienone is 1. The van der Waals surface area contributed by atoms with Gasteiger partial charge >= 0.3 is 11.9 Å². The molecule has 1 aromatic rings. The van der Waals surface area contributed by atoms with Crippen LogP contribution < -0.4 is 9.47 Å². The van der Waals surface area contributed by atoms with E-state index in [0.29, 0.717) is 60.5 Å². The van der Waals surface area contributed by atoms with E-state index in [4.69, 9.17) is 23.9 Å². The van der Waals surface area contributed by atoms with Crippen molar-refractivity contribution in [2.75, 3.05) is 33.9 Å². The van der Waals surface area contributed by atoms with E-state index in [1.54, 1.807) is 52.9 Å². The molecule has 3 aliphatic rings. The predicted molar refractivity (Wildman–Crippen MR) is 152 cm³/mol. The molecule has 11 heteroatoms. The fourth-order valence-corrected chi connectivity index (χ4v) is 6.10. The summed E-state index contributed by atoms with van der Waals surface area (Å²) in [4.78, 5) is 47.4. The number of rotatable bonds is 9. The molecule has 1 saturated heterocycles. The Morgan fingerprint density at radius 2 is 1.80 bits per heavy atom. The summed E-state index contributed by atoms with van der Waals surface area (Å²) in [5.41, 5.74) is 2.48. The van der Waals surface area contributed by atoms with Crippen LogP contribution in [0.3, 0.4) is 0 Å². The van der Waals surface area contributed by atoms with E-state index in [2.05, 4.69) is 0 Å². The molecule has 0 bridgehead atoms. The van der Waals surface area contributed by atoms with Crippen LogP contribution in [0.1, 0.15) is 58.6 Å². The number of fused-ring (bicyclic) bond motifs is 1. The lowest BCUT2D eigenvalue weighted by Gasteiger charge is -2.37. The first-order chi connectivity index (χ1) is 19.2. The maximum absolute atomic E-state index is 13.4. The summed E-state index contributed by atoms with van der Waals surface area (Å²) in [6, 6.07) is 4.94. The predicted octanol–water partition coefficient (Wildman–Crippen LogP) is 4.42. The van der Waals surface area contributed by atoms with Gasteiger partial charge in [-0.3, -0.25) is 9.59 Å². The normalized spacial score (nSPS) is 19.2. The molecular formula is C29H37N3O7S. The number of carbonyl (C=O) groups excluding carboxylic acids is 3. The Morgan fingerprint density at radius 3 is 2.42 bits per heavy atom. The van der Waals surface area contributed by atoms with E-state index < -0.39 is 12.0 Å². The van der Waals surface area contributed by atoms with Gasteiger partial charge in [-0.1, -0.05) is 17.8 Å². The summed E-state index contributed by atoms with van der Waals surface area (Å²) >= 11 is 1.42. The molecule has 0 radical (unpaired) electrons. The van der Waals surface area contributed by atoms with Gasteiger partial charge in [0, 0.05) is 18.8 Å². The highest BCUT2D eigenvalue weighted by molar-refractivity contribution is 8.16. The second-order valence-electron chi connectivity index (χ2n) is 10.0. The third-order valence-corrected chi connectivity index (χ3v) is 7.98. The number of likely N-dealkylation sites (tertiary alicyclic amines) is 1. The molecule has 1 atom stereocenters. The molecule has 0 N–H and O–H groups in total. The lowest BCUT2D eigenvalue weighted by atomic mass is 9.93. The molecule has 40 heavy (non-hydrogen) atoms. The first-order valence-corrected chi connectivity index (χ1v) is 14.4. The fraction of sp³-hybridized carbons (Fsp3) is 0.517. The zero-order valence-corrected chi connectivity index (χ0v) is 24.7. The summed E-state index contributed by atoms with van der Waals surface area (Å²) < 4.78 is 21.8. The monoisotopic (exact) mass is 571 g/mol. The van der Waals surface area contributed by atoms with Crippen molar-refractivity contribution in [2.24, 2.45) is 10.9 Å². The zero-order valence-electron chi connectivity index (χ0n) is 23.9. The van der Waals surface area contributed by atoms with Crippen molar-refractivity contribution in [1.29, 1.82) is 0 Å². The fourth-order valence-electron chi connectivity index (χ4n) is 5.14. The van der Waals surface area contributed by atoms with E-state index in [1.165, 1.54) is 11.8 Å². The topological polar surface area (TPSA) is 107 Å². The highest BCUT2D eigenvalue weighted by atomic mass is 32.2. The van der Waals surface area contributed by atoms with E-state index in [1.807, 2.05) is 22.4 Å². The van der Waals surface area contributed by atoms with Gasteiger partial charge in [0.15, 0.2) is 16.7 Å². The Kier molecular flexibility index (Phi) is 9.44. The Hall–Kier alpha value is -3.47. The van der Waals surface area contributed by atoms with Gasteiger partial charge < -0.3 is 28.7 Å². The quantitative estimate of drug-likeness (QED) is 0.398. The second kappa shape index (κ2) is 12.8. The highest BCUT2D eigenvalue weighted by Crippen LogP contribution is 2.46. The van der Waals surface area contributed by atoms with Gasteiger partial charge in [0.25, 0.3) is 0 Å². The van der Waals surface area contributed by atoms with Gasteiger partial charge in [0.1, 0.15) is 0 Å². The number of methoxy groups -OCH3 is 2. The number of carbonyl (C=O) groups is 3. The minimum absolute atomic E-state index is 0.0425. The molecule has 3 aliphatic heterocycles. The molecule has 216 valence electrons. The zero-order chi connectivity index (χ0) is 29.0. The van der Waals surface area contributed by atoms with Crippen molar-refractivity contribution in [3.8, 4) is 11.5 Å². The molecule has 0 aliphatic carbocycles. The van der Waals surface area contributed by atoms with Crippen molar-refractivity contribution < 1.29 is 33.3 Å². The number of benzene rings is 1. The van der Waals surface area contributed by atoms with Crippen LogP contribution in [0.4, 0.5) is 0 Å². The van der Waals surface area contributed by atoms with Gasteiger partial charge in [-0.05, 0) is 63.6 Å². The van der Waals surface area contributed by atoms with Crippen LogP contribution >= 0.6 is 11.8 Å². The SMILES string of the molecule is CCOC(=O)C1CCN(C(=O)CC2=CSC3=NC(C)=C(C(=O)OC(C)C)[C@H](c4ccc(OC)c(OC)c4)N23)CC1. The third-order valence-electron chi connectivity index (χ3n) is 7.09. The summed E-state index contributed by atoms with van der Waals surface area (Å²) in [6.07, 6.45) is 0.976. The highest BCUT2D eigenvalue weighted by Gasteiger charge is 2.42. The molecule has 0 unspecified atom stereocenters. The molecule has 0 saturated carbocycles. The van der Waals surface area contributed by atoms with Crippen LogP contribution in [0, 0.1) is 5.92 Å². The Labute approximate surface area is 239 Å². The first kappa shape index (κ1) is 29.5. The molecule has 1 fully saturated rings. The van der Waals surface area contributed by atoms with Crippen LogP contribution in [0.15, 0.2) is 45.6 Å². The van der Waals surface area contributed by atoms with Crippen molar-refractivity contribution in [2.45, 2.75) is 59.1 Å². The second-order valence-corrected chi connectivity index (χ2v) is 10.9. The van der Waals surface area contributed by atoms with Crippen LogP contribution in [0.2, 0.25) is 0 Å². The molecular weight excluding hydrogens is 534 g/mol. The molecule has 0 aromatic heterocycles. The number of nitrogens with zero attached hydrogens (tertiary/aromatic N) is 3. The summed E-state index contributed by atoms with van der Waals surface area (Å²) in [7, 11) is 3.13. The molecule has 10 nitrogen and oxygen atoms in total. The first-order valence-electron chi connectivity index (χ1n) is 13.5. The van der Waals surface area contributed by atoms with Gasteiger partial charge in [-0.25, -0.2) is 9.79 Å². The lowest BCUT2D eigenvalue weighted by Crippen LogP contribution is -2.42. The number of ether oxygens (including phenoxy) is 4. The maximum Gasteiger partial charge on any atom is 0.338 e. The van der Waals surface area contributed by atoms with Gasteiger partial charge in [-0.2, -0.15) is 0 Å². The van der Waals surface area contributed by atoms with E-state index in [0.717, 1.165) is 11.3 Å². The molecule has 3 heterocycles. The smallest absolute Gasteiger partial charge is 0.338 e. The number of aliphatic imine (C=N–C) groups is 1. The molecule has 0 spiro atoms. The standard InChI is InChI=1S/C29H37N3O7S/c1-7-38-27(34)19-10-12-31(13-11-19)24(33)15-21-16-40-29-30-18(4)25(28(35)39-17(2)3)26(32(21)29)20-8-9-22(36-5)23(14-20)37-6/h8-9,14,16-17,19,26H,7,10-13,15H2,1-6H3/t26-/m0/s1. The summed E-state index contributed by atoms with van der Waals surface area (Å²) in [6.45, 7) is 8.54. The number of piperidine rings is 1. The van der Waals surface area contributed by atoms with Crippen LogP contribution in [-0.4, -0.2) is 72.8 Å². The molecule has 1 amide bonds.